The van der Waals surface area contributed by atoms with Crippen LogP contribution in [0.25, 0.3) is 0 Å². The Morgan fingerprint density at radius 2 is 1.56 bits per heavy atom. The van der Waals surface area contributed by atoms with Crippen LogP contribution in [-0.4, -0.2) is 79.7 Å². The molecule has 0 spiro atoms. The third-order valence-corrected chi connectivity index (χ3v) is 10.7. The summed E-state index contributed by atoms with van der Waals surface area (Å²) in [6.45, 7) is 11.8. The second-order valence-electron chi connectivity index (χ2n) is 12.1. The summed E-state index contributed by atoms with van der Waals surface area (Å²) in [6.07, 6.45) is 1.50. The van der Waals surface area contributed by atoms with Crippen molar-refractivity contribution in [2.45, 2.75) is 95.2 Å². The van der Waals surface area contributed by atoms with Gasteiger partial charge < -0.3 is 20.7 Å². The number of thiophene rings is 1. The molecule has 2 fully saturated rings. The molecule has 11 nitrogen and oxygen atoms in total. The molecule has 1 aromatic heterocycles. The Balaban J connectivity index is 1.57. The van der Waals surface area contributed by atoms with E-state index in [1.165, 1.54) is 11.2 Å². The minimum absolute atomic E-state index is 0.0836. The van der Waals surface area contributed by atoms with Gasteiger partial charge in [-0.15, -0.1) is 11.3 Å². The summed E-state index contributed by atoms with van der Waals surface area (Å²) < 4.78 is 32.6. The number of nitrogens with zero attached hydrogens (tertiary/aromatic N) is 1. The van der Waals surface area contributed by atoms with Crippen LogP contribution < -0.4 is 16.0 Å². The summed E-state index contributed by atoms with van der Waals surface area (Å²) in [5, 5.41) is 10.0. The van der Waals surface area contributed by atoms with Crippen molar-refractivity contribution in [3.63, 3.8) is 0 Å². The van der Waals surface area contributed by atoms with Crippen molar-refractivity contribution in [1.82, 2.24) is 20.3 Å². The lowest BCUT2D eigenvalue weighted by molar-refractivity contribution is -0.135. The van der Waals surface area contributed by atoms with Crippen molar-refractivity contribution in [3.8, 4) is 0 Å². The van der Waals surface area contributed by atoms with Gasteiger partial charge >= 0.3 is 0 Å². The maximum Gasteiger partial charge on any atom is 0.252 e. The fourth-order valence-corrected chi connectivity index (χ4v) is 7.50. The number of nitrogens with one attached hydrogen (secondary N) is 3. The summed E-state index contributed by atoms with van der Waals surface area (Å²) in [6, 6.07) is 0.733. The third-order valence-electron chi connectivity index (χ3n) is 7.44. The molecule has 3 heterocycles. The standard InChI is InChI=1S/C28H44N4O7S2/c1-17(2)14-21(24(33)28(6)16-39-28)30-25(34)19(5)29-27(36)22(15-18(3)4)31-26(35)20-9-11-32(12-10-20)41(37,38)23-8-7-13-40-23/h7-8,13,17-22H,9-12,14-16H2,1-6H3,(H,29,36)(H,30,34)(H,31,35)/t19-,21-,22-,28+/m0/s1. The fraction of sp³-hybridized carbons (Fsp3) is 0.714. The molecule has 1 aromatic rings. The van der Waals surface area contributed by atoms with E-state index in [1.807, 2.05) is 27.7 Å². The van der Waals surface area contributed by atoms with E-state index in [9.17, 15) is 27.6 Å². The van der Waals surface area contributed by atoms with E-state index in [-0.39, 0.29) is 40.8 Å². The monoisotopic (exact) mass is 612 g/mol. The van der Waals surface area contributed by atoms with Gasteiger partial charge in [-0.25, -0.2) is 8.42 Å². The second-order valence-corrected chi connectivity index (χ2v) is 15.2. The van der Waals surface area contributed by atoms with Gasteiger partial charge in [0.25, 0.3) is 10.0 Å². The van der Waals surface area contributed by atoms with Gasteiger partial charge in [0.2, 0.25) is 17.7 Å². The van der Waals surface area contributed by atoms with Crippen LogP contribution in [0.3, 0.4) is 0 Å². The van der Waals surface area contributed by atoms with Crippen molar-refractivity contribution in [2.75, 3.05) is 19.7 Å². The summed E-state index contributed by atoms with van der Waals surface area (Å²) in [7, 11) is -3.58. The first-order valence-electron chi connectivity index (χ1n) is 14.3. The number of hydrogen-bond donors (Lipinski definition) is 3. The number of ether oxygens (including phenoxy) is 1. The van der Waals surface area contributed by atoms with Gasteiger partial charge in [-0.3, -0.25) is 19.2 Å². The minimum atomic E-state index is -3.58. The molecule has 0 aromatic carbocycles. The van der Waals surface area contributed by atoms with Gasteiger partial charge in [0.1, 0.15) is 21.9 Å². The molecule has 3 N–H and O–H groups in total. The van der Waals surface area contributed by atoms with Gasteiger partial charge in [-0.05, 0) is 62.8 Å². The highest BCUT2D eigenvalue weighted by atomic mass is 32.2. The van der Waals surface area contributed by atoms with Gasteiger partial charge in [0.05, 0.1) is 12.6 Å². The van der Waals surface area contributed by atoms with E-state index in [4.69, 9.17) is 4.74 Å². The van der Waals surface area contributed by atoms with E-state index in [0.717, 1.165) is 11.3 Å². The molecule has 2 saturated heterocycles. The Hall–Kier alpha value is -2.35. The molecule has 41 heavy (non-hydrogen) atoms. The van der Waals surface area contributed by atoms with Crippen LogP contribution >= 0.6 is 11.3 Å². The lowest BCUT2D eigenvalue weighted by Gasteiger charge is -2.31. The zero-order chi connectivity index (χ0) is 30.5. The van der Waals surface area contributed by atoms with Crippen molar-refractivity contribution in [1.29, 1.82) is 0 Å². The molecule has 0 bridgehead atoms. The summed E-state index contributed by atoms with van der Waals surface area (Å²) in [5.74, 6) is -1.66. The van der Waals surface area contributed by atoms with Gasteiger partial charge in [0, 0.05) is 19.0 Å². The molecule has 230 valence electrons. The fourth-order valence-electron chi connectivity index (χ4n) is 4.89. The Kier molecular flexibility index (Phi) is 11.1. The number of ketones is 1. The van der Waals surface area contributed by atoms with Crippen LogP contribution in [0.4, 0.5) is 0 Å². The molecule has 0 aliphatic carbocycles. The second kappa shape index (κ2) is 13.7. The zero-order valence-electron chi connectivity index (χ0n) is 24.8. The number of rotatable bonds is 14. The summed E-state index contributed by atoms with van der Waals surface area (Å²) >= 11 is 1.16. The third kappa shape index (κ3) is 8.82. The van der Waals surface area contributed by atoms with E-state index in [2.05, 4.69) is 16.0 Å². The van der Waals surface area contributed by atoms with Crippen molar-refractivity contribution >= 4 is 44.9 Å². The number of carbonyl (C=O) groups excluding carboxylic acids is 4. The molecule has 2 aliphatic rings. The first kappa shape index (κ1) is 33.2. The molecule has 3 amide bonds. The van der Waals surface area contributed by atoms with E-state index in [1.54, 1.807) is 24.4 Å². The number of epoxide rings is 1. The highest BCUT2D eigenvalue weighted by Crippen LogP contribution is 2.30. The van der Waals surface area contributed by atoms with Crippen LogP contribution in [0.1, 0.15) is 67.2 Å². The van der Waals surface area contributed by atoms with E-state index >= 15 is 0 Å². The molecule has 3 rings (SSSR count). The predicted molar refractivity (Wildman–Crippen MR) is 156 cm³/mol. The Bertz CT molecular complexity index is 1190. The number of sulfonamides is 1. The van der Waals surface area contributed by atoms with Gasteiger partial charge in [0.15, 0.2) is 5.78 Å². The maximum absolute atomic E-state index is 13.2. The molecular formula is C28H44N4O7S2. The summed E-state index contributed by atoms with van der Waals surface area (Å²) in [4.78, 5) is 52.2. The average molecular weight is 613 g/mol. The smallest absolute Gasteiger partial charge is 0.252 e. The summed E-state index contributed by atoms with van der Waals surface area (Å²) in [5.41, 5.74) is -0.879. The van der Waals surface area contributed by atoms with Crippen molar-refractivity contribution in [3.05, 3.63) is 17.5 Å². The molecule has 0 radical (unpaired) electrons. The van der Waals surface area contributed by atoms with E-state index < -0.39 is 51.5 Å². The maximum atomic E-state index is 13.2. The van der Waals surface area contributed by atoms with Crippen molar-refractivity contribution in [2.24, 2.45) is 17.8 Å². The van der Waals surface area contributed by atoms with Crippen LogP contribution in [0, 0.1) is 17.8 Å². The first-order valence-corrected chi connectivity index (χ1v) is 16.6. The molecule has 0 unspecified atom stereocenters. The Labute approximate surface area is 247 Å². The number of hydrogen-bond acceptors (Lipinski definition) is 8. The molecular weight excluding hydrogens is 568 g/mol. The molecule has 4 atom stereocenters. The topological polar surface area (TPSA) is 154 Å². The van der Waals surface area contributed by atoms with Crippen molar-refractivity contribution < 1.29 is 32.3 Å². The highest BCUT2D eigenvalue weighted by Gasteiger charge is 2.50. The average Bonchev–Trinajstić information content (AvgIpc) is 3.40. The number of carbonyl (C=O) groups is 4. The Morgan fingerprint density at radius 1 is 0.976 bits per heavy atom. The molecule has 2 aliphatic heterocycles. The Morgan fingerprint density at radius 3 is 2.07 bits per heavy atom. The van der Waals surface area contributed by atoms with Gasteiger partial charge in [-0.2, -0.15) is 4.31 Å². The predicted octanol–water partition coefficient (Wildman–Crippen LogP) is 2.07. The normalized spacial score (nSPS) is 22.1. The molecule has 13 heteroatoms. The zero-order valence-corrected chi connectivity index (χ0v) is 26.4. The van der Waals surface area contributed by atoms with E-state index in [0.29, 0.717) is 32.3 Å². The quantitative estimate of drug-likeness (QED) is 0.272. The number of amides is 3. The van der Waals surface area contributed by atoms with Crippen LogP contribution in [0.15, 0.2) is 21.7 Å². The number of piperidine rings is 1. The minimum Gasteiger partial charge on any atom is -0.361 e. The lowest BCUT2D eigenvalue weighted by atomic mass is 9.93. The largest absolute Gasteiger partial charge is 0.361 e. The van der Waals surface area contributed by atoms with Crippen LogP contribution in [0.5, 0.6) is 0 Å². The lowest BCUT2D eigenvalue weighted by Crippen LogP contribution is -2.56. The van der Waals surface area contributed by atoms with Gasteiger partial charge in [-0.1, -0.05) is 33.8 Å². The van der Waals surface area contributed by atoms with Crippen LogP contribution in [0.2, 0.25) is 0 Å². The highest BCUT2D eigenvalue weighted by molar-refractivity contribution is 7.91. The van der Waals surface area contributed by atoms with Crippen LogP contribution in [-0.2, 0) is 33.9 Å². The first-order chi connectivity index (χ1) is 19.1. The SMILES string of the molecule is CC(C)C[C@H](NC(=O)C1CCN(S(=O)(=O)c2cccs2)CC1)C(=O)N[C@@H](C)C(=O)N[C@@H](CC(C)C)C(=O)[C@@]1(C)CO1. The number of Topliss-reactive ketones (excluding diaryl/α,β-unsaturated/α-hetero) is 1. The molecule has 0 saturated carbocycles.